The maximum absolute atomic E-state index is 12.2. The van der Waals surface area contributed by atoms with Gasteiger partial charge in [-0.15, -0.1) is 0 Å². The van der Waals surface area contributed by atoms with E-state index in [4.69, 9.17) is 0 Å². The highest BCUT2D eigenvalue weighted by molar-refractivity contribution is 5.77. The van der Waals surface area contributed by atoms with Gasteiger partial charge in [-0.3, -0.25) is 9.59 Å². The summed E-state index contributed by atoms with van der Waals surface area (Å²) in [5, 5.41) is 19.3. The van der Waals surface area contributed by atoms with Crippen LogP contribution in [-0.2, 0) is 16.0 Å². The monoisotopic (exact) mass is 318 g/mol. The maximum atomic E-state index is 12.2. The van der Waals surface area contributed by atoms with Crippen LogP contribution in [0.15, 0.2) is 30.3 Å². The van der Waals surface area contributed by atoms with Crippen LogP contribution in [0.4, 0.5) is 0 Å². The molecule has 4 nitrogen and oxygen atoms in total. The van der Waals surface area contributed by atoms with Gasteiger partial charge < -0.3 is 10.2 Å². The van der Waals surface area contributed by atoms with E-state index in [9.17, 15) is 19.8 Å². The summed E-state index contributed by atoms with van der Waals surface area (Å²) in [7, 11) is 0. The van der Waals surface area contributed by atoms with Crippen LogP contribution in [0.5, 0.6) is 0 Å². The molecule has 3 atom stereocenters. The summed E-state index contributed by atoms with van der Waals surface area (Å²) in [5.41, 5.74) is 0.188. The smallest absolute Gasteiger partial charge is 0.310 e. The molecule has 1 aliphatic carbocycles. The van der Waals surface area contributed by atoms with Gasteiger partial charge in [0.15, 0.2) is 0 Å². The number of rotatable bonds is 7. The zero-order valence-electron chi connectivity index (χ0n) is 13.7. The lowest BCUT2D eigenvalue weighted by Crippen LogP contribution is -2.46. The molecule has 0 spiro atoms. The van der Waals surface area contributed by atoms with Crippen molar-refractivity contribution in [1.29, 1.82) is 0 Å². The van der Waals surface area contributed by atoms with Crippen LogP contribution in [-0.4, -0.2) is 22.2 Å². The molecule has 0 radical (unpaired) electrons. The molecule has 0 bridgehead atoms. The largest absolute Gasteiger partial charge is 0.481 e. The van der Waals surface area contributed by atoms with Gasteiger partial charge in [0, 0.05) is 0 Å². The van der Waals surface area contributed by atoms with Gasteiger partial charge in [0.2, 0.25) is 0 Å². The van der Waals surface area contributed by atoms with E-state index in [2.05, 4.69) is 6.92 Å². The van der Waals surface area contributed by atoms with Gasteiger partial charge in [0.05, 0.1) is 11.3 Å². The molecule has 0 saturated heterocycles. The number of carboxylic acids is 2. The summed E-state index contributed by atoms with van der Waals surface area (Å²) in [6.45, 7) is 2.08. The van der Waals surface area contributed by atoms with Gasteiger partial charge in [-0.25, -0.2) is 0 Å². The van der Waals surface area contributed by atoms with Crippen LogP contribution in [0.3, 0.4) is 0 Å². The predicted octanol–water partition coefficient (Wildman–Crippen LogP) is 3.99. The summed E-state index contributed by atoms with van der Waals surface area (Å²) in [4.78, 5) is 23.5. The molecule has 0 amide bonds. The lowest BCUT2D eigenvalue weighted by molar-refractivity contribution is -0.160. The Balaban J connectivity index is 2.29. The van der Waals surface area contributed by atoms with E-state index in [1.807, 2.05) is 30.3 Å². The summed E-state index contributed by atoms with van der Waals surface area (Å²) >= 11 is 0. The fourth-order valence-electron chi connectivity index (χ4n) is 3.94. The second-order valence-electron chi connectivity index (χ2n) is 6.77. The number of aliphatic carboxylic acids is 2. The second-order valence-corrected chi connectivity index (χ2v) is 6.77. The first kappa shape index (κ1) is 17.5. The highest BCUT2D eigenvalue weighted by Gasteiger charge is 2.49. The summed E-state index contributed by atoms with van der Waals surface area (Å²) in [6, 6.07) is 9.70. The molecule has 2 N–H and O–H groups in total. The van der Waals surface area contributed by atoms with E-state index in [1.54, 1.807) is 0 Å². The first-order chi connectivity index (χ1) is 11.0. The maximum Gasteiger partial charge on any atom is 0.310 e. The van der Waals surface area contributed by atoms with Crippen LogP contribution in [0.25, 0.3) is 0 Å². The quantitative estimate of drug-likeness (QED) is 0.797. The second kappa shape index (κ2) is 7.62. The fourth-order valence-corrected chi connectivity index (χ4v) is 3.94. The third-order valence-corrected chi connectivity index (χ3v) is 5.33. The minimum atomic E-state index is -0.831. The summed E-state index contributed by atoms with van der Waals surface area (Å²) in [5.74, 6) is -2.04. The van der Waals surface area contributed by atoms with E-state index in [1.165, 1.54) is 0 Å². The van der Waals surface area contributed by atoms with Crippen LogP contribution in [0.2, 0.25) is 0 Å². The molecule has 3 unspecified atom stereocenters. The molecule has 0 heterocycles. The SMILES string of the molecule is CCCCC1CC(C(=O)O)CCC1(Cc1ccccc1)C(=O)O. The lowest BCUT2D eigenvalue weighted by Gasteiger charge is -2.43. The van der Waals surface area contributed by atoms with Crippen molar-refractivity contribution in [2.75, 3.05) is 0 Å². The standard InChI is InChI=1S/C19H26O4/c1-2-3-9-16-12-15(17(20)21)10-11-19(16,18(22)23)13-14-7-5-4-6-8-14/h4-8,15-16H,2-3,9-13H2,1H3,(H,20,21)(H,22,23). The van der Waals surface area contributed by atoms with E-state index < -0.39 is 23.3 Å². The molecule has 1 fully saturated rings. The molecule has 0 aliphatic heterocycles. The van der Waals surface area contributed by atoms with Crippen LogP contribution in [0.1, 0.15) is 51.0 Å². The van der Waals surface area contributed by atoms with Gasteiger partial charge in [0.1, 0.15) is 0 Å². The predicted molar refractivity (Wildman–Crippen MR) is 88.2 cm³/mol. The normalized spacial score (nSPS) is 27.5. The van der Waals surface area contributed by atoms with Gasteiger partial charge in [-0.1, -0.05) is 50.1 Å². The van der Waals surface area contributed by atoms with Gasteiger partial charge >= 0.3 is 11.9 Å². The molecule has 2 rings (SSSR count). The molecule has 4 heteroatoms. The Kier molecular flexibility index (Phi) is 5.80. The van der Waals surface area contributed by atoms with Crippen LogP contribution < -0.4 is 0 Å². The van der Waals surface area contributed by atoms with Gasteiger partial charge in [-0.2, -0.15) is 0 Å². The fraction of sp³-hybridized carbons (Fsp3) is 0.579. The van der Waals surface area contributed by atoms with Crippen molar-refractivity contribution >= 4 is 11.9 Å². The summed E-state index contributed by atoms with van der Waals surface area (Å²) < 4.78 is 0. The Labute approximate surface area is 137 Å². The Hall–Kier alpha value is -1.84. The number of carbonyl (C=O) groups is 2. The Bertz CT molecular complexity index is 540. The van der Waals surface area contributed by atoms with Gasteiger partial charge in [-0.05, 0) is 43.6 Å². The zero-order valence-corrected chi connectivity index (χ0v) is 13.7. The molecule has 1 aromatic carbocycles. The molecule has 1 aliphatic rings. The minimum Gasteiger partial charge on any atom is -0.481 e. The molecule has 126 valence electrons. The molecule has 0 aromatic heterocycles. The molecule has 1 saturated carbocycles. The Morgan fingerprint density at radius 1 is 1.22 bits per heavy atom. The number of hydrogen-bond donors (Lipinski definition) is 2. The number of unbranched alkanes of at least 4 members (excludes halogenated alkanes) is 1. The first-order valence-corrected chi connectivity index (χ1v) is 8.49. The van der Waals surface area contributed by atoms with Crippen LogP contribution in [0, 0.1) is 17.3 Å². The topological polar surface area (TPSA) is 74.6 Å². The number of benzene rings is 1. The van der Waals surface area contributed by atoms with E-state index >= 15 is 0 Å². The van der Waals surface area contributed by atoms with Crippen molar-refractivity contribution in [3.8, 4) is 0 Å². The Morgan fingerprint density at radius 3 is 2.48 bits per heavy atom. The van der Waals surface area contributed by atoms with Crippen molar-refractivity contribution in [2.24, 2.45) is 17.3 Å². The van der Waals surface area contributed by atoms with Crippen LogP contribution >= 0.6 is 0 Å². The molecular formula is C19H26O4. The van der Waals surface area contributed by atoms with E-state index in [-0.39, 0.29) is 5.92 Å². The number of hydrogen-bond acceptors (Lipinski definition) is 2. The third kappa shape index (κ3) is 3.92. The zero-order chi connectivity index (χ0) is 16.9. The number of carboxylic acid groups (broad SMARTS) is 2. The highest BCUT2D eigenvalue weighted by Crippen LogP contribution is 2.48. The molecular weight excluding hydrogens is 292 g/mol. The van der Waals surface area contributed by atoms with Crippen molar-refractivity contribution in [3.05, 3.63) is 35.9 Å². The summed E-state index contributed by atoms with van der Waals surface area (Å²) in [6.07, 6.45) is 4.60. The highest BCUT2D eigenvalue weighted by atomic mass is 16.4. The van der Waals surface area contributed by atoms with E-state index in [0.29, 0.717) is 25.7 Å². The van der Waals surface area contributed by atoms with E-state index in [0.717, 1.165) is 24.8 Å². The van der Waals surface area contributed by atoms with Gasteiger partial charge in [0.25, 0.3) is 0 Å². The van der Waals surface area contributed by atoms with Crippen molar-refractivity contribution < 1.29 is 19.8 Å². The van der Waals surface area contributed by atoms with Crippen molar-refractivity contribution in [3.63, 3.8) is 0 Å². The average Bonchev–Trinajstić information content (AvgIpc) is 2.54. The molecule has 1 aromatic rings. The first-order valence-electron chi connectivity index (χ1n) is 8.49. The molecule has 23 heavy (non-hydrogen) atoms. The van der Waals surface area contributed by atoms with Crippen molar-refractivity contribution in [2.45, 2.75) is 51.9 Å². The van der Waals surface area contributed by atoms with Crippen molar-refractivity contribution in [1.82, 2.24) is 0 Å². The Morgan fingerprint density at radius 2 is 1.91 bits per heavy atom. The third-order valence-electron chi connectivity index (χ3n) is 5.33. The minimum absolute atomic E-state index is 0.0741. The lowest BCUT2D eigenvalue weighted by atomic mass is 9.59. The average molecular weight is 318 g/mol.